The van der Waals surface area contributed by atoms with E-state index in [4.69, 9.17) is 6.42 Å². The minimum Gasteiger partial charge on any atom is -0.380 e. The summed E-state index contributed by atoms with van der Waals surface area (Å²) < 4.78 is 1.66. The fourth-order valence-electron chi connectivity index (χ4n) is 1.22. The molecule has 2 rings (SSSR count). The molecule has 0 fully saturated rings. The standard InChI is InChI=1S/C10H9N3O/c1-2-9(14)7-8-4-6-13-10(12-8)3-5-11-13/h1,3-6,9,14H,7H2. The van der Waals surface area contributed by atoms with Gasteiger partial charge in [-0.1, -0.05) is 5.92 Å². The quantitative estimate of drug-likeness (QED) is 0.686. The lowest BCUT2D eigenvalue weighted by atomic mass is 10.2. The van der Waals surface area contributed by atoms with Gasteiger partial charge in [0.25, 0.3) is 0 Å². The second-order valence-electron chi connectivity index (χ2n) is 2.94. The van der Waals surface area contributed by atoms with E-state index in [1.807, 2.05) is 0 Å². The Labute approximate surface area is 81.2 Å². The van der Waals surface area contributed by atoms with Gasteiger partial charge in [0.2, 0.25) is 0 Å². The van der Waals surface area contributed by atoms with Crippen LogP contribution in [0.1, 0.15) is 5.69 Å². The van der Waals surface area contributed by atoms with Crippen molar-refractivity contribution in [2.75, 3.05) is 0 Å². The number of hydrogen-bond acceptors (Lipinski definition) is 3. The highest BCUT2D eigenvalue weighted by Crippen LogP contribution is 2.03. The van der Waals surface area contributed by atoms with Gasteiger partial charge in [0.05, 0.1) is 6.20 Å². The average molecular weight is 187 g/mol. The molecule has 0 saturated carbocycles. The lowest BCUT2D eigenvalue weighted by Crippen LogP contribution is -2.08. The maximum atomic E-state index is 9.24. The maximum absolute atomic E-state index is 9.24. The summed E-state index contributed by atoms with van der Waals surface area (Å²) in [5, 5.41) is 13.2. The number of aromatic nitrogens is 3. The van der Waals surface area contributed by atoms with Crippen molar-refractivity contribution in [3.8, 4) is 12.3 Å². The predicted octanol–water partition coefficient (Wildman–Crippen LogP) is 0.266. The second-order valence-corrected chi connectivity index (χ2v) is 2.94. The van der Waals surface area contributed by atoms with Crippen LogP contribution in [0.15, 0.2) is 24.5 Å². The zero-order valence-corrected chi connectivity index (χ0v) is 7.46. The first kappa shape index (κ1) is 8.73. The number of rotatable bonds is 2. The molecule has 0 aliphatic heterocycles. The molecule has 0 bridgehead atoms. The zero-order chi connectivity index (χ0) is 9.97. The molecule has 2 aromatic heterocycles. The maximum Gasteiger partial charge on any atom is 0.155 e. The molecule has 14 heavy (non-hydrogen) atoms. The fraction of sp³-hybridized carbons (Fsp3) is 0.200. The van der Waals surface area contributed by atoms with Crippen molar-refractivity contribution in [3.05, 3.63) is 30.2 Å². The molecular weight excluding hydrogens is 178 g/mol. The number of fused-ring (bicyclic) bond motifs is 1. The zero-order valence-electron chi connectivity index (χ0n) is 7.46. The van der Waals surface area contributed by atoms with Crippen molar-refractivity contribution in [3.63, 3.8) is 0 Å². The highest BCUT2D eigenvalue weighted by Gasteiger charge is 2.03. The summed E-state index contributed by atoms with van der Waals surface area (Å²) in [7, 11) is 0. The molecular formula is C10H9N3O. The molecule has 0 saturated heterocycles. The Bertz CT molecular complexity index is 483. The number of nitrogens with zero attached hydrogens (tertiary/aromatic N) is 3. The van der Waals surface area contributed by atoms with Crippen LogP contribution < -0.4 is 0 Å². The van der Waals surface area contributed by atoms with Crippen molar-refractivity contribution in [1.29, 1.82) is 0 Å². The summed E-state index contributed by atoms with van der Waals surface area (Å²) in [5.74, 6) is 2.25. The molecule has 0 spiro atoms. The van der Waals surface area contributed by atoms with Gasteiger partial charge < -0.3 is 5.11 Å². The highest BCUT2D eigenvalue weighted by molar-refractivity contribution is 5.36. The fourth-order valence-corrected chi connectivity index (χ4v) is 1.22. The average Bonchev–Trinajstić information content (AvgIpc) is 2.64. The van der Waals surface area contributed by atoms with Crippen LogP contribution in [0.2, 0.25) is 0 Å². The number of hydrogen-bond donors (Lipinski definition) is 1. The Morgan fingerprint density at radius 2 is 2.43 bits per heavy atom. The normalized spacial score (nSPS) is 12.6. The van der Waals surface area contributed by atoms with E-state index in [2.05, 4.69) is 16.0 Å². The van der Waals surface area contributed by atoms with Gasteiger partial charge in [-0.05, 0) is 6.07 Å². The van der Waals surface area contributed by atoms with E-state index in [0.717, 1.165) is 11.3 Å². The molecule has 0 aliphatic rings. The highest BCUT2D eigenvalue weighted by atomic mass is 16.3. The molecule has 1 atom stereocenters. The van der Waals surface area contributed by atoms with Gasteiger partial charge in [0, 0.05) is 24.4 Å². The summed E-state index contributed by atoms with van der Waals surface area (Å²) in [5.41, 5.74) is 1.52. The SMILES string of the molecule is C#CC(O)Cc1ccn2nccc2n1. The van der Waals surface area contributed by atoms with Gasteiger partial charge in [-0.2, -0.15) is 5.10 Å². The first-order valence-electron chi connectivity index (χ1n) is 4.23. The van der Waals surface area contributed by atoms with Crippen LogP contribution in [0.25, 0.3) is 5.65 Å². The van der Waals surface area contributed by atoms with E-state index in [9.17, 15) is 5.11 Å². The first-order chi connectivity index (χ1) is 6.79. The van der Waals surface area contributed by atoms with Crippen LogP contribution in [0.3, 0.4) is 0 Å². The Morgan fingerprint density at radius 1 is 1.57 bits per heavy atom. The van der Waals surface area contributed by atoms with Crippen LogP contribution in [0, 0.1) is 12.3 Å². The van der Waals surface area contributed by atoms with E-state index in [0.29, 0.717) is 6.42 Å². The van der Waals surface area contributed by atoms with E-state index >= 15 is 0 Å². The molecule has 2 heterocycles. The topological polar surface area (TPSA) is 50.4 Å². The van der Waals surface area contributed by atoms with Gasteiger partial charge in [-0.3, -0.25) is 0 Å². The minimum absolute atomic E-state index is 0.373. The number of terminal acetylenes is 1. The van der Waals surface area contributed by atoms with Gasteiger partial charge in [0.1, 0.15) is 6.10 Å². The monoisotopic (exact) mass is 187 g/mol. The van der Waals surface area contributed by atoms with E-state index in [1.165, 1.54) is 0 Å². The Morgan fingerprint density at radius 3 is 3.21 bits per heavy atom. The van der Waals surface area contributed by atoms with Crippen LogP contribution in [-0.2, 0) is 6.42 Å². The Hall–Kier alpha value is -1.86. The van der Waals surface area contributed by atoms with Gasteiger partial charge >= 0.3 is 0 Å². The number of aliphatic hydroxyl groups excluding tert-OH is 1. The van der Waals surface area contributed by atoms with Crippen molar-refractivity contribution in [1.82, 2.24) is 14.6 Å². The molecule has 0 amide bonds. The van der Waals surface area contributed by atoms with Gasteiger partial charge in [-0.25, -0.2) is 9.50 Å². The minimum atomic E-state index is -0.770. The third-order valence-corrected chi connectivity index (χ3v) is 1.91. The lowest BCUT2D eigenvalue weighted by molar-refractivity contribution is 0.232. The molecule has 0 aromatic carbocycles. The lowest BCUT2D eigenvalue weighted by Gasteiger charge is -2.02. The summed E-state index contributed by atoms with van der Waals surface area (Å²) in [4.78, 5) is 4.27. The van der Waals surface area contributed by atoms with Crippen LogP contribution in [-0.4, -0.2) is 25.8 Å². The van der Waals surface area contributed by atoms with Crippen molar-refractivity contribution < 1.29 is 5.11 Å². The largest absolute Gasteiger partial charge is 0.380 e. The molecule has 2 aromatic rings. The summed E-state index contributed by atoms with van der Waals surface area (Å²) in [6.07, 6.45) is 8.13. The van der Waals surface area contributed by atoms with Crippen LogP contribution >= 0.6 is 0 Å². The molecule has 4 nitrogen and oxygen atoms in total. The van der Waals surface area contributed by atoms with Crippen LogP contribution in [0.5, 0.6) is 0 Å². The third kappa shape index (κ3) is 1.58. The Kier molecular flexibility index (Phi) is 2.17. The molecule has 0 radical (unpaired) electrons. The molecule has 0 aliphatic carbocycles. The van der Waals surface area contributed by atoms with Gasteiger partial charge in [0.15, 0.2) is 5.65 Å². The molecule has 1 N–H and O–H groups in total. The van der Waals surface area contributed by atoms with E-state index in [-0.39, 0.29) is 0 Å². The predicted molar refractivity (Wildman–Crippen MR) is 51.5 cm³/mol. The summed E-state index contributed by atoms with van der Waals surface area (Å²) in [6.45, 7) is 0. The van der Waals surface area contributed by atoms with E-state index in [1.54, 1.807) is 29.0 Å². The smallest absolute Gasteiger partial charge is 0.155 e. The van der Waals surface area contributed by atoms with E-state index < -0.39 is 6.10 Å². The van der Waals surface area contributed by atoms with Crippen molar-refractivity contribution in [2.24, 2.45) is 0 Å². The summed E-state index contributed by atoms with van der Waals surface area (Å²) in [6, 6.07) is 3.59. The first-order valence-corrected chi connectivity index (χ1v) is 4.23. The van der Waals surface area contributed by atoms with Crippen molar-refractivity contribution in [2.45, 2.75) is 12.5 Å². The number of aliphatic hydroxyl groups is 1. The Balaban J connectivity index is 2.31. The molecule has 4 heteroatoms. The summed E-state index contributed by atoms with van der Waals surface area (Å²) >= 11 is 0. The molecule has 1 unspecified atom stereocenters. The third-order valence-electron chi connectivity index (χ3n) is 1.91. The van der Waals surface area contributed by atoms with Gasteiger partial charge in [-0.15, -0.1) is 6.42 Å². The molecule has 70 valence electrons. The van der Waals surface area contributed by atoms with Crippen molar-refractivity contribution >= 4 is 5.65 Å². The second kappa shape index (κ2) is 3.48. The van der Waals surface area contributed by atoms with Crippen LogP contribution in [0.4, 0.5) is 0 Å².